The van der Waals surface area contributed by atoms with Crippen molar-refractivity contribution in [1.82, 2.24) is 39.7 Å². The first-order valence-corrected chi connectivity index (χ1v) is 12.7. The molecular formula is C22H25N9O6S. The van der Waals surface area contributed by atoms with Crippen molar-refractivity contribution in [2.45, 2.75) is 25.2 Å². The molecule has 0 fully saturated rings. The van der Waals surface area contributed by atoms with Crippen molar-refractivity contribution in [2.75, 3.05) is 26.1 Å². The average Bonchev–Trinajstić information content (AvgIpc) is 3.32. The van der Waals surface area contributed by atoms with Gasteiger partial charge >= 0.3 is 0 Å². The summed E-state index contributed by atoms with van der Waals surface area (Å²) >= 11 is 0. The molecule has 38 heavy (non-hydrogen) atoms. The Kier molecular flexibility index (Phi) is 7.63. The van der Waals surface area contributed by atoms with Crippen LogP contribution in [0, 0.1) is 6.92 Å². The van der Waals surface area contributed by atoms with Crippen LogP contribution in [0.4, 0.5) is 5.95 Å². The summed E-state index contributed by atoms with van der Waals surface area (Å²) in [7, 11) is -0.112. The Morgan fingerprint density at radius 1 is 1.05 bits per heavy atom. The van der Waals surface area contributed by atoms with E-state index < -0.39 is 26.9 Å². The molecule has 0 spiro atoms. The van der Waals surface area contributed by atoms with Gasteiger partial charge in [0.2, 0.25) is 27.7 Å². The molecule has 15 nitrogen and oxygen atoms in total. The Labute approximate surface area is 217 Å². The molecule has 2 N–H and O–H groups in total. The minimum absolute atomic E-state index is 0.0243. The normalized spacial score (nSPS) is 13.1. The lowest BCUT2D eigenvalue weighted by molar-refractivity contribution is 0.0949. The minimum atomic E-state index is -4.22. The molecule has 0 aliphatic carbocycles. The van der Waals surface area contributed by atoms with Gasteiger partial charge in [0.15, 0.2) is 17.3 Å². The summed E-state index contributed by atoms with van der Waals surface area (Å²) in [5.41, 5.74) is 0.232. The molecule has 0 aliphatic heterocycles. The lowest BCUT2D eigenvalue weighted by atomic mass is 10.2. The van der Waals surface area contributed by atoms with Crippen LogP contribution in [0.25, 0.3) is 17.2 Å². The molecular weight excluding hydrogens is 518 g/mol. The predicted molar refractivity (Wildman–Crippen MR) is 135 cm³/mol. The molecule has 0 amide bonds. The van der Waals surface area contributed by atoms with Gasteiger partial charge in [0.05, 0.1) is 20.5 Å². The van der Waals surface area contributed by atoms with Gasteiger partial charge in [-0.05, 0) is 25.5 Å². The Bertz CT molecular complexity index is 1590. The number of pyridine rings is 1. The van der Waals surface area contributed by atoms with Crippen LogP contribution < -0.4 is 19.8 Å². The molecule has 4 aromatic heterocycles. The molecule has 16 heteroatoms. The van der Waals surface area contributed by atoms with Crippen LogP contribution in [0.5, 0.6) is 11.8 Å². The number of aromatic nitrogens is 8. The topological polar surface area (TPSA) is 189 Å². The molecule has 0 radical (unpaired) electrons. The standard InChI is InChI=1S/C22H25N9O6S/c1-12-9-23-18(24-10-12)17(36-4)13(2)38(33,34)30-22-29-28-19(14-7-6-8-15(27-14)35-3)31(22)16-20(32)25-11-26-21(16)37-5/h6-11,13,17H,1-5H3,(H,29,30)(H,25,26,32)/t13-,17-/m0/s1. The van der Waals surface area contributed by atoms with Crippen LogP contribution in [0.3, 0.4) is 0 Å². The van der Waals surface area contributed by atoms with E-state index in [1.807, 2.05) is 6.92 Å². The molecule has 0 unspecified atom stereocenters. The van der Waals surface area contributed by atoms with Crippen molar-refractivity contribution in [3.63, 3.8) is 0 Å². The van der Waals surface area contributed by atoms with Crippen LogP contribution >= 0.6 is 0 Å². The zero-order chi connectivity index (χ0) is 27.4. The number of H-pyrrole nitrogens is 1. The largest absolute Gasteiger partial charge is 0.481 e. The number of ether oxygens (including phenoxy) is 3. The third-order valence-corrected chi connectivity index (χ3v) is 7.19. The summed E-state index contributed by atoms with van der Waals surface area (Å²) in [5, 5.41) is 6.93. The van der Waals surface area contributed by atoms with Gasteiger partial charge < -0.3 is 19.2 Å². The van der Waals surface area contributed by atoms with Crippen LogP contribution in [-0.2, 0) is 14.8 Å². The number of methoxy groups -OCH3 is 3. The van der Waals surface area contributed by atoms with Gasteiger partial charge in [-0.1, -0.05) is 6.07 Å². The summed E-state index contributed by atoms with van der Waals surface area (Å²) in [4.78, 5) is 32.1. The average molecular weight is 544 g/mol. The summed E-state index contributed by atoms with van der Waals surface area (Å²) in [5.74, 6) is 0.0585. The van der Waals surface area contributed by atoms with Gasteiger partial charge in [-0.15, -0.1) is 10.2 Å². The van der Waals surface area contributed by atoms with E-state index in [-0.39, 0.29) is 40.7 Å². The molecule has 4 aromatic rings. The number of hydrogen-bond donors (Lipinski definition) is 2. The Hall–Kier alpha value is -4.44. The highest BCUT2D eigenvalue weighted by molar-refractivity contribution is 7.93. The van der Waals surface area contributed by atoms with Crippen molar-refractivity contribution >= 4 is 16.0 Å². The Morgan fingerprint density at radius 2 is 1.79 bits per heavy atom. The highest BCUT2D eigenvalue weighted by Crippen LogP contribution is 2.30. The number of sulfonamides is 1. The summed E-state index contributed by atoms with van der Waals surface area (Å²) < 4.78 is 46.5. The van der Waals surface area contributed by atoms with Crippen molar-refractivity contribution in [1.29, 1.82) is 0 Å². The number of nitrogens with zero attached hydrogens (tertiary/aromatic N) is 7. The quantitative estimate of drug-likeness (QED) is 0.290. The van der Waals surface area contributed by atoms with E-state index in [1.54, 1.807) is 30.6 Å². The van der Waals surface area contributed by atoms with Crippen LogP contribution in [0.15, 0.2) is 41.7 Å². The monoisotopic (exact) mass is 543 g/mol. The van der Waals surface area contributed by atoms with Crippen LogP contribution in [0.1, 0.15) is 24.4 Å². The maximum absolute atomic E-state index is 13.5. The second kappa shape index (κ2) is 10.9. The number of hydrogen-bond acceptors (Lipinski definition) is 12. The minimum Gasteiger partial charge on any atom is -0.481 e. The van der Waals surface area contributed by atoms with Gasteiger partial charge in [0.25, 0.3) is 5.56 Å². The highest BCUT2D eigenvalue weighted by Gasteiger charge is 2.35. The lowest BCUT2D eigenvalue weighted by Crippen LogP contribution is -2.34. The number of aryl methyl sites for hydroxylation is 1. The van der Waals surface area contributed by atoms with Crippen molar-refractivity contribution in [3.8, 4) is 29.0 Å². The van der Waals surface area contributed by atoms with E-state index in [2.05, 4.69) is 39.8 Å². The smallest absolute Gasteiger partial charge is 0.279 e. The van der Waals surface area contributed by atoms with Crippen molar-refractivity contribution in [3.05, 3.63) is 58.7 Å². The third kappa shape index (κ3) is 5.16. The van der Waals surface area contributed by atoms with Gasteiger partial charge in [-0.2, -0.15) is 0 Å². The van der Waals surface area contributed by atoms with E-state index in [0.717, 1.165) is 16.5 Å². The van der Waals surface area contributed by atoms with E-state index >= 15 is 0 Å². The van der Waals surface area contributed by atoms with E-state index in [4.69, 9.17) is 14.2 Å². The van der Waals surface area contributed by atoms with E-state index in [0.29, 0.717) is 0 Å². The maximum atomic E-state index is 13.5. The second-order valence-electron chi connectivity index (χ2n) is 7.96. The predicted octanol–water partition coefficient (Wildman–Crippen LogP) is 1.05. The third-order valence-electron chi connectivity index (χ3n) is 5.50. The fraction of sp³-hybridized carbons (Fsp3) is 0.318. The number of rotatable bonds is 10. The summed E-state index contributed by atoms with van der Waals surface area (Å²) in [6.45, 7) is 3.24. The first-order chi connectivity index (χ1) is 18.2. The second-order valence-corrected chi connectivity index (χ2v) is 10.0. The van der Waals surface area contributed by atoms with Gasteiger partial charge in [-0.25, -0.2) is 32.9 Å². The molecule has 4 rings (SSSR count). The number of anilines is 1. The number of nitrogens with one attached hydrogen (secondary N) is 2. The van der Waals surface area contributed by atoms with Gasteiger partial charge in [-0.3, -0.25) is 9.52 Å². The Morgan fingerprint density at radius 3 is 2.45 bits per heavy atom. The first-order valence-electron chi connectivity index (χ1n) is 11.1. The van der Waals surface area contributed by atoms with Gasteiger partial charge in [0.1, 0.15) is 17.0 Å². The number of aromatic amines is 1. The summed E-state index contributed by atoms with van der Waals surface area (Å²) in [6, 6.07) is 4.86. The molecule has 2 atom stereocenters. The fourth-order valence-electron chi connectivity index (χ4n) is 3.54. The SMILES string of the molecule is COc1cccc(-c2nnc(NS(=O)(=O)[C@@H](C)[C@H](OC)c3ncc(C)cn3)n2-c2c(OC)nc[nH]c2=O)n1. The van der Waals surface area contributed by atoms with Crippen LogP contribution in [-0.4, -0.2) is 74.7 Å². The molecule has 0 saturated carbocycles. The molecule has 0 aliphatic rings. The zero-order valence-corrected chi connectivity index (χ0v) is 21.9. The van der Waals surface area contributed by atoms with Crippen LogP contribution in [0.2, 0.25) is 0 Å². The molecule has 4 heterocycles. The van der Waals surface area contributed by atoms with Gasteiger partial charge in [0, 0.05) is 25.6 Å². The summed E-state index contributed by atoms with van der Waals surface area (Å²) in [6.07, 6.45) is 3.26. The first kappa shape index (κ1) is 26.6. The maximum Gasteiger partial charge on any atom is 0.279 e. The molecule has 0 bridgehead atoms. The molecule has 0 saturated heterocycles. The molecule has 200 valence electrons. The van der Waals surface area contributed by atoms with Crippen molar-refractivity contribution in [2.24, 2.45) is 0 Å². The zero-order valence-electron chi connectivity index (χ0n) is 21.1. The molecule has 0 aromatic carbocycles. The van der Waals surface area contributed by atoms with E-state index in [9.17, 15) is 13.2 Å². The van der Waals surface area contributed by atoms with E-state index in [1.165, 1.54) is 28.3 Å². The van der Waals surface area contributed by atoms with Crippen molar-refractivity contribution < 1.29 is 22.6 Å². The lowest BCUT2D eigenvalue weighted by Gasteiger charge is -2.22. The Balaban J connectivity index is 1.84. The fourth-order valence-corrected chi connectivity index (χ4v) is 4.67. The highest BCUT2D eigenvalue weighted by atomic mass is 32.2.